The Labute approximate surface area is 205 Å². The number of benzene rings is 3. The number of anilines is 1. The zero-order valence-corrected chi connectivity index (χ0v) is 19.4. The lowest BCUT2D eigenvalue weighted by molar-refractivity contribution is -0.137. The van der Waals surface area contributed by atoms with Gasteiger partial charge in [0, 0.05) is 31.9 Å². The van der Waals surface area contributed by atoms with Gasteiger partial charge in [-0.25, -0.2) is 0 Å². The van der Waals surface area contributed by atoms with Gasteiger partial charge < -0.3 is 9.32 Å². The molecule has 1 fully saturated rings. The van der Waals surface area contributed by atoms with E-state index in [0.717, 1.165) is 11.6 Å². The summed E-state index contributed by atoms with van der Waals surface area (Å²) in [6, 6.07) is 22.3. The van der Waals surface area contributed by atoms with E-state index >= 15 is 0 Å². The van der Waals surface area contributed by atoms with Crippen molar-refractivity contribution in [2.75, 3.05) is 31.1 Å². The summed E-state index contributed by atoms with van der Waals surface area (Å²) in [5.41, 5.74) is 1.58. The van der Waals surface area contributed by atoms with E-state index in [0.29, 0.717) is 54.2 Å². The molecule has 9 heteroatoms. The molecule has 0 saturated carbocycles. The van der Waals surface area contributed by atoms with Crippen molar-refractivity contribution in [3.63, 3.8) is 0 Å². The number of rotatable bonds is 5. The highest BCUT2D eigenvalue weighted by Gasteiger charge is 2.33. The van der Waals surface area contributed by atoms with Gasteiger partial charge in [0.2, 0.25) is 11.8 Å². The number of alkyl halides is 3. The molecular weight excluding hydrogens is 477 g/mol. The molecule has 1 aliphatic heterocycles. The van der Waals surface area contributed by atoms with Crippen molar-refractivity contribution >= 4 is 17.3 Å². The number of aromatic nitrogens is 2. The summed E-state index contributed by atoms with van der Waals surface area (Å²) < 4.78 is 45.6. The number of hydrogen-bond acceptors (Lipinski definition) is 5. The number of hydrogen-bond donors (Lipinski definition) is 0. The monoisotopic (exact) mass is 498 g/mol. The maximum atomic E-state index is 13.2. The molecular formula is C26H22ClF3N4O. The van der Waals surface area contributed by atoms with Crippen LogP contribution in [-0.4, -0.2) is 41.3 Å². The SMILES string of the molecule is FC(F)(F)c1cccc(N2CCN([C@H](c3ccccc3)c3nnc(-c4ccccc4Cl)o3)CC2)c1. The van der Waals surface area contributed by atoms with Gasteiger partial charge in [-0.1, -0.05) is 60.1 Å². The molecule has 2 heterocycles. The quantitative estimate of drug-likeness (QED) is 0.322. The second-order valence-corrected chi connectivity index (χ2v) is 8.72. The maximum Gasteiger partial charge on any atom is 0.416 e. The van der Waals surface area contributed by atoms with Gasteiger partial charge in [-0.05, 0) is 35.9 Å². The van der Waals surface area contributed by atoms with Crippen LogP contribution in [0, 0.1) is 0 Å². The van der Waals surface area contributed by atoms with Crippen LogP contribution >= 0.6 is 11.6 Å². The van der Waals surface area contributed by atoms with Crippen LogP contribution < -0.4 is 4.90 Å². The van der Waals surface area contributed by atoms with E-state index in [1.165, 1.54) is 12.1 Å². The molecule has 0 unspecified atom stereocenters. The summed E-state index contributed by atoms with van der Waals surface area (Å²) in [4.78, 5) is 4.18. The molecule has 5 rings (SSSR count). The van der Waals surface area contributed by atoms with E-state index in [1.807, 2.05) is 53.4 Å². The van der Waals surface area contributed by atoms with Crippen molar-refractivity contribution in [2.24, 2.45) is 0 Å². The van der Waals surface area contributed by atoms with Crippen molar-refractivity contribution in [1.82, 2.24) is 15.1 Å². The zero-order valence-electron chi connectivity index (χ0n) is 18.6. The van der Waals surface area contributed by atoms with Gasteiger partial charge in [-0.15, -0.1) is 10.2 Å². The Balaban J connectivity index is 1.39. The molecule has 1 aliphatic rings. The molecule has 4 aromatic rings. The summed E-state index contributed by atoms with van der Waals surface area (Å²) in [5, 5.41) is 9.11. The van der Waals surface area contributed by atoms with E-state index < -0.39 is 11.7 Å². The topological polar surface area (TPSA) is 45.4 Å². The Hall–Kier alpha value is -3.36. The molecule has 0 N–H and O–H groups in total. The average Bonchev–Trinajstić information content (AvgIpc) is 3.34. The smallest absolute Gasteiger partial charge is 0.416 e. The van der Waals surface area contributed by atoms with Crippen molar-refractivity contribution in [2.45, 2.75) is 12.2 Å². The molecule has 35 heavy (non-hydrogen) atoms. The predicted molar refractivity (Wildman–Crippen MR) is 128 cm³/mol. The van der Waals surface area contributed by atoms with Crippen LogP contribution in [0.15, 0.2) is 83.3 Å². The Morgan fingerprint density at radius 3 is 2.26 bits per heavy atom. The Morgan fingerprint density at radius 2 is 1.54 bits per heavy atom. The second kappa shape index (κ2) is 9.71. The fourth-order valence-corrected chi connectivity index (χ4v) is 4.57. The van der Waals surface area contributed by atoms with Crippen LogP contribution in [0.5, 0.6) is 0 Å². The number of piperazine rings is 1. The summed E-state index contributed by atoms with van der Waals surface area (Å²) in [6.07, 6.45) is -4.37. The van der Waals surface area contributed by atoms with Gasteiger partial charge in [0.1, 0.15) is 6.04 Å². The zero-order chi connectivity index (χ0) is 24.4. The molecule has 0 radical (unpaired) electrons. The van der Waals surface area contributed by atoms with Gasteiger partial charge in [-0.2, -0.15) is 13.2 Å². The van der Waals surface area contributed by atoms with Crippen molar-refractivity contribution in [1.29, 1.82) is 0 Å². The second-order valence-electron chi connectivity index (χ2n) is 8.31. The molecule has 1 aromatic heterocycles. The summed E-state index contributed by atoms with van der Waals surface area (Å²) in [6.45, 7) is 2.35. The summed E-state index contributed by atoms with van der Waals surface area (Å²) in [5.74, 6) is 0.785. The summed E-state index contributed by atoms with van der Waals surface area (Å²) >= 11 is 6.31. The van der Waals surface area contributed by atoms with Gasteiger partial charge in [-0.3, -0.25) is 4.90 Å². The van der Waals surface area contributed by atoms with Gasteiger partial charge in [0.05, 0.1) is 16.1 Å². The highest BCUT2D eigenvalue weighted by Crippen LogP contribution is 2.35. The Morgan fingerprint density at radius 1 is 0.829 bits per heavy atom. The first-order valence-corrected chi connectivity index (χ1v) is 11.6. The minimum absolute atomic E-state index is 0.288. The van der Waals surface area contributed by atoms with E-state index in [-0.39, 0.29) is 6.04 Å². The molecule has 1 atom stereocenters. The van der Waals surface area contributed by atoms with E-state index in [9.17, 15) is 13.2 Å². The minimum atomic E-state index is -4.37. The average molecular weight is 499 g/mol. The largest absolute Gasteiger partial charge is 0.419 e. The third-order valence-electron chi connectivity index (χ3n) is 6.11. The molecule has 0 spiro atoms. The third-order valence-corrected chi connectivity index (χ3v) is 6.44. The lowest BCUT2D eigenvalue weighted by Crippen LogP contribution is -2.48. The van der Waals surface area contributed by atoms with Crippen LogP contribution in [-0.2, 0) is 6.18 Å². The number of nitrogens with zero attached hydrogens (tertiary/aromatic N) is 4. The highest BCUT2D eigenvalue weighted by atomic mass is 35.5. The van der Waals surface area contributed by atoms with Crippen molar-refractivity contribution in [3.8, 4) is 11.5 Å². The first-order chi connectivity index (χ1) is 16.9. The van der Waals surface area contributed by atoms with E-state index in [1.54, 1.807) is 12.1 Å². The normalized spacial score (nSPS) is 15.8. The first kappa shape index (κ1) is 23.4. The van der Waals surface area contributed by atoms with Crippen LogP contribution in [0.4, 0.5) is 18.9 Å². The van der Waals surface area contributed by atoms with Gasteiger partial charge in [0.15, 0.2) is 0 Å². The highest BCUT2D eigenvalue weighted by molar-refractivity contribution is 6.33. The van der Waals surface area contributed by atoms with Crippen LogP contribution in [0.25, 0.3) is 11.5 Å². The maximum absolute atomic E-state index is 13.2. The molecule has 0 bridgehead atoms. The molecule has 3 aromatic carbocycles. The Kier molecular flexibility index (Phi) is 6.49. The lowest BCUT2D eigenvalue weighted by atomic mass is 10.0. The van der Waals surface area contributed by atoms with Gasteiger partial charge >= 0.3 is 6.18 Å². The van der Waals surface area contributed by atoms with Crippen LogP contribution in [0.1, 0.15) is 23.1 Å². The molecule has 5 nitrogen and oxygen atoms in total. The third kappa shape index (κ3) is 5.04. The fraction of sp³-hybridized carbons (Fsp3) is 0.231. The van der Waals surface area contributed by atoms with Crippen molar-refractivity contribution in [3.05, 3.63) is 101 Å². The standard InChI is InChI=1S/C26H22ClF3N4O/c27-22-12-5-4-11-21(22)24-31-32-25(35-24)23(18-7-2-1-3-8-18)34-15-13-33(14-16-34)20-10-6-9-19(17-20)26(28,29)30/h1-12,17,23H,13-16H2/t23-/m1/s1. The van der Waals surface area contributed by atoms with E-state index in [2.05, 4.69) is 15.1 Å². The minimum Gasteiger partial charge on any atom is -0.419 e. The predicted octanol–water partition coefficient (Wildman–Crippen LogP) is 6.32. The van der Waals surface area contributed by atoms with Gasteiger partial charge in [0.25, 0.3) is 0 Å². The molecule has 0 amide bonds. The van der Waals surface area contributed by atoms with E-state index in [4.69, 9.17) is 16.0 Å². The number of halogens is 4. The fourth-order valence-electron chi connectivity index (χ4n) is 4.35. The lowest BCUT2D eigenvalue weighted by Gasteiger charge is -2.39. The molecule has 1 saturated heterocycles. The van der Waals surface area contributed by atoms with Crippen LogP contribution in [0.3, 0.4) is 0 Å². The van der Waals surface area contributed by atoms with Crippen molar-refractivity contribution < 1.29 is 17.6 Å². The molecule has 0 aliphatic carbocycles. The Bertz CT molecular complexity index is 1290. The first-order valence-electron chi connectivity index (χ1n) is 11.2. The molecule has 180 valence electrons. The summed E-state index contributed by atoms with van der Waals surface area (Å²) in [7, 11) is 0. The van der Waals surface area contributed by atoms with Crippen LogP contribution in [0.2, 0.25) is 5.02 Å².